The molecular formula is C17H16BrF2N. The molecule has 0 saturated carbocycles. The highest BCUT2D eigenvalue weighted by Crippen LogP contribution is 2.42. The van der Waals surface area contributed by atoms with Crippen LogP contribution in [0, 0.1) is 11.6 Å². The Hall–Kier alpha value is -1.26. The third kappa shape index (κ3) is 2.62. The molecule has 21 heavy (non-hydrogen) atoms. The molecule has 2 unspecified atom stereocenters. The van der Waals surface area contributed by atoms with E-state index in [0.717, 1.165) is 18.4 Å². The van der Waals surface area contributed by atoms with Gasteiger partial charge in [0.05, 0.1) is 4.47 Å². The van der Waals surface area contributed by atoms with E-state index in [2.05, 4.69) is 39.4 Å². The number of hydrogen-bond donors (Lipinski definition) is 1. The second-order valence-electron chi connectivity index (χ2n) is 5.44. The van der Waals surface area contributed by atoms with Crippen molar-refractivity contribution in [2.45, 2.75) is 24.8 Å². The van der Waals surface area contributed by atoms with Gasteiger partial charge in [0, 0.05) is 6.04 Å². The van der Waals surface area contributed by atoms with Crippen molar-refractivity contribution in [2.75, 3.05) is 7.05 Å². The average Bonchev–Trinajstić information content (AvgIpc) is 2.47. The standard InChI is InChI=1S/C17H16BrF2N/c1-21-15(13-6-7-14(19)17(20)16(13)18)9-11-8-10-4-2-3-5-12(10)11/h2-7,11,15,21H,8-9H2,1H3. The first kappa shape index (κ1) is 14.7. The van der Waals surface area contributed by atoms with E-state index in [1.807, 2.05) is 13.1 Å². The minimum atomic E-state index is -0.825. The number of benzene rings is 2. The third-order valence-electron chi connectivity index (χ3n) is 4.27. The predicted octanol–water partition coefficient (Wildman–Crippen LogP) is 4.72. The highest BCUT2D eigenvalue weighted by molar-refractivity contribution is 9.10. The minimum absolute atomic E-state index is 0.00664. The number of fused-ring (bicyclic) bond motifs is 1. The van der Waals surface area contributed by atoms with Crippen molar-refractivity contribution < 1.29 is 8.78 Å². The largest absolute Gasteiger partial charge is 0.313 e. The zero-order valence-corrected chi connectivity index (χ0v) is 13.3. The van der Waals surface area contributed by atoms with Crippen LogP contribution in [-0.2, 0) is 6.42 Å². The van der Waals surface area contributed by atoms with Crippen LogP contribution in [0.2, 0.25) is 0 Å². The van der Waals surface area contributed by atoms with Crippen LogP contribution in [-0.4, -0.2) is 7.05 Å². The lowest BCUT2D eigenvalue weighted by Crippen LogP contribution is -2.25. The van der Waals surface area contributed by atoms with Gasteiger partial charge in [0.15, 0.2) is 11.6 Å². The summed E-state index contributed by atoms with van der Waals surface area (Å²) in [4.78, 5) is 0. The van der Waals surface area contributed by atoms with Crippen LogP contribution in [0.25, 0.3) is 0 Å². The molecule has 2 atom stereocenters. The summed E-state index contributed by atoms with van der Waals surface area (Å²) in [6.07, 6.45) is 1.92. The van der Waals surface area contributed by atoms with Gasteiger partial charge in [0.25, 0.3) is 0 Å². The van der Waals surface area contributed by atoms with Crippen LogP contribution in [0.4, 0.5) is 8.78 Å². The molecule has 0 radical (unpaired) electrons. The molecule has 0 heterocycles. The monoisotopic (exact) mass is 351 g/mol. The van der Waals surface area contributed by atoms with Crippen molar-refractivity contribution in [3.05, 3.63) is 69.2 Å². The predicted molar refractivity (Wildman–Crippen MR) is 83.4 cm³/mol. The van der Waals surface area contributed by atoms with Crippen LogP contribution >= 0.6 is 15.9 Å². The van der Waals surface area contributed by atoms with Gasteiger partial charge in [-0.05, 0) is 64.5 Å². The average molecular weight is 352 g/mol. The van der Waals surface area contributed by atoms with E-state index in [-0.39, 0.29) is 10.5 Å². The fraction of sp³-hybridized carbons (Fsp3) is 0.294. The molecule has 0 bridgehead atoms. The summed E-state index contributed by atoms with van der Waals surface area (Å²) in [5.74, 6) is -1.17. The molecule has 2 aromatic rings. The van der Waals surface area contributed by atoms with E-state index in [0.29, 0.717) is 5.92 Å². The molecule has 0 saturated heterocycles. The van der Waals surface area contributed by atoms with Crippen molar-refractivity contribution in [3.63, 3.8) is 0 Å². The van der Waals surface area contributed by atoms with Crippen molar-refractivity contribution in [3.8, 4) is 0 Å². The van der Waals surface area contributed by atoms with Gasteiger partial charge in [0.2, 0.25) is 0 Å². The SMILES string of the molecule is CNC(CC1Cc2ccccc21)c1ccc(F)c(F)c1Br. The number of hydrogen-bond acceptors (Lipinski definition) is 1. The number of nitrogens with one attached hydrogen (secondary N) is 1. The lowest BCUT2D eigenvalue weighted by atomic mass is 9.74. The Kier molecular flexibility index (Phi) is 4.09. The van der Waals surface area contributed by atoms with Crippen molar-refractivity contribution in [1.29, 1.82) is 0 Å². The molecule has 1 N–H and O–H groups in total. The van der Waals surface area contributed by atoms with Gasteiger partial charge in [-0.3, -0.25) is 0 Å². The van der Waals surface area contributed by atoms with Crippen LogP contribution < -0.4 is 5.32 Å². The van der Waals surface area contributed by atoms with Crippen LogP contribution in [0.1, 0.15) is 35.1 Å². The molecule has 3 rings (SSSR count). The van der Waals surface area contributed by atoms with Gasteiger partial charge in [-0.2, -0.15) is 0 Å². The van der Waals surface area contributed by atoms with Crippen molar-refractivity contribution in [1.82, 2.24) is 5.32 Å². The topological polar surface area (TPSA) is 12.0 Å². The summed E-state index contributed by atoms with van der Waals surface area (Å²) >= 11 is 3.18. The van der Waals surface area contributed by atoms with E-state index >= 15 is 0 Å². The van der Waals surface area contributed by atoms with Crippen molar-refractivity contribution >= 4 is 15.9 Å². The molecule has 0 spiro atoms. The maximum absolute atomic E-state index is 13.7. The molecule has 1 aliphatic rings. The van der Waals surface area contributed by atoms with Gasteiger partial charge in [0.1, 0.15) is 0 Å². The van der Waals surface area contributed by atoms with Gasteiger partial charge in [-0.15, -0.1) is 0 Å². The van der Waals surface area contributed by atoms with Crippen molar-refractivity contribution in [2.24, 2.45) is 0 Å². The molecule has 1 aliphatic carbocycles. The second kappa shape index (κ2) is 5.85. The number of rotatable bonds is 4. The van der Waals surface area contributed by atoms with E-state index in [1.165, 1.54) is 17.2 Å². The van der Waals surface area contributed by atoms with Crippen LogP contribution in [0.3, 0.4) is 0 Å². The lowest BCUT2D eigenvalue weighted by molar-refractivity contribution is 0.444. The Labute approximate surface area is 131 Å². The van der Waals surface area contributed by atoms with Gasteiger partial charge >= 0.3 is 0 Å². The summed E-state index contributed by atoms with van der Waals surface area (Å²) in [7, 11) is 1.85. The smallest absolute Gasteiger partial charge is 0.173 e. The second-order valence-corrected chi connectivity index (χ2v) is 6.23. The maximum Gasteiger partial charge on any atom is 0.173 e. The molecule has 0 fully saturated rings. The van der Waals surface area contributed by atoms with E-state index in [1.54, 1.807) is 6.07 Å². The zero-order chi connectivity index (χ0) is 15.0. The van der Waals surface area contributed by atoms with Gasteiger partial charge in [-0.25, -0.2) is 8.78 Å². The van der Waals surface area contributed by atoms with E-state index < -0.39 is 11.6 Å². The Balaban J connectivity index is 1.83. The molecule has 1 nitrogen and oxygen atoms in total. The third-order valence-corrected chi connectivity index (χ3v) is 5.08. The highest BCUT2D eigenvalue weighted by atomic mass is 79.9. The first-order valence-corrected chi connectivity index (χ1v) is 7.79. The Morgan fingerprint density at radius 1 is 1.24 bits per heavy atom. The molecule has 0 aliphatic heterocycles. The normalized spacial score (nSPS) is 18.0. The first-order valence-electron chi connectivity index (χ1n) is 7.00. The Bertz CT molecular complexity index is 672. The van der Waals surface area contributed by atoms with Gasteiger partial charge < -0.3 is 5.32 Å². The quantitative estimate of drug-likeness (QED) is 0.786. The lowest BCUT2D eigenvalue weighted by Gasteiger charge is -2.33. The summed E-state index contributed by atoms with van der Waals surface area (Å²) in [6.45, 7) is 0. The Morgan fingerprint density at radius 2 is 2.00 bits per heavy atom. The van der Waals surface area contributed by atoms with Gasteiger partial charge in [-0.1, -0.05) is 30.3 Å². The molecule has 2 aromatic carbocycles. The summed E-state index contributed by atoms with van der Waals surface area (Å²) in [5.41, 5.74) is 3.53. The molecule has 4 heteroatoms. The first-order chi connectivity index (χ1) is 10.1. The highest BCUT2D eigenvalue weighted by Gasteiger charge is 2.29. The van der Waals surface area contributed by atoms with Crippen LogP contribution in [0.15, 0.2) is 40.9 Å². The van der Waals surface area contributed by atoms with E-state index in [9.17, 15) is 8.78 Å². The minimum Gasteiger partial charge on any atom is -0.313 e. The summed E-state index contributed by atoms with van der Waals surface area (Å²) in [5, 5.41) is 3.22. The van der Waals surface area contributed by atoms with Crippen LogP contribution in [0.5, 0.6) is 0 Å². The zero-order valence-electron chi connectivity index (χ0n) is 11.7. The number of halogens is 3. The molecule has 0 aromatic heterocycles. The summed E-state index contributed by atoms with van der Waals surface area (Å²) < 4.78 is 27.2. The molecule has 110 valence electrons. The molecular weight excluding hydrogens is 336 g/mol. The van der Waals surface area contributed by atoms with E-state index in [4.69, 9.17) is 0 Å². The molecule has 0 amide bonds. The Morgan fingerprint density at radius 3 is 2.71 bits per heavy atom. The fourth-order valence-electron chi connectivity index (χ4n) is 3.07. The fourth-order valence-corrected chi connectivity index (χ4v) is 3.67. The summed E-state index contributed by atoms with van der Waals surface area (Å²) in [6, 6.07) is 11.2. The maximum atomic E-state index is 13.7.